The zero-order chi connectivity index (χ0) is 19.3. The van der Waals surface area contributed by atoms with Gasteiger partial charge in [-0.2, -0.15) is 4.73 Å². The van der Waals surface area contributed by atoms with E-state index in [-0.39, 0.29) is 52.4 Å². The number of aromatic nitrogens is 1. The van der Waals surface area contributed by atoms with Gasteiger partial charge in [-0.05, 0) is 36.1 Å². The number of carbonyl (C=O) groups is 1. The number of non-ortho nitro benzene ring substituents is 1. The Morgan fingerprint density at radius 1 is 1.11 bits per heavy atom. The summed E-state index contributed by atoms with van der Waals surface area (Å²) in [5, 5.41) is 21.9. The highest BCUT2D eigenvalue weighted by Crippen LogP contribution is 2.33. The number of nitrogens with zero attached hydrogens (tertiary/aromatic N) is 2. The van der Waals surface area contributed by atoms with Crippen LogP contribution in [-0.2, 0) is 6.42 Å². The molecule has 0 fully saturated rings. The predicted octanol–water partition coefficient (Wildman–Crippen LogP) is 3.71. The fourth-order valence-electron chi connectivity index (χ4n) is 3.60. The van der Waals surface area contributed by atoms with Crippen LogP contribution in [0.15, 0.2) is 47.3 Å². The van der Waals surface area contributed by atoms with Gasteiger partial charge in [0.1, 0.15) is 0 Å². The number of nitro benzene ring substituents is 1. The average molecular weight is 385 g/mol. The van der Waals surface area contributed by atoms with E-state index in [0.29, 0.717) is 5.02 Å². The summed E-state index contributed by atoms with van der Waals surface area (Å²) < 4.78 is 0.873. The summed E-state index contributed by atoms with van der Waals surface area (Å²) in [6.07, 6.45) is 0.356. The summed E-state index contributed by atoms with van der Waals surface area (Å²) in [4.78, 5) is 35.8. The Hall–Kier alpha value is -3.19. The minimum Gasteiger partial charge on any atom is -0.428 e. The highest BCUT2D eigenvalue weighted by molar-refractivity contribution is 6.31. The molecular weight excluding hydrogens is 372 g/mol. The van der Waals surface area contributed by atoms with Crippen LogP contribution in [0.5, 0.6) is 0 Å². The molecule has 27 heavy (non-hydrogen) atoms. The summed E-state index contributed by atoms with van der Waals surface area (Å²) in [6, 6.07) is 10.5. The Kier molecular flexibility index (Phi) is 3.96. The van der Waals surface area contributed by atoms with Gasteiger partial charge in [0, 0.05) is 23.6 Å². The molecule has 0 aliphatic heterocycles. The van der Waals surface area contributed by atoms with Crippen molar-refractivity contribution in [2.75, 3.05) is 0 Å². The van der Waals surface area contributed by atoms with Crippen molar-refractivity contribution in [3.05, 3.63) is 84.6 Å². The largest absolute Gasteiger partial charge is 0.428 e. The Labute approximate surface area is 157 Å². The molecule has 1 heterocycles. The lowest BCUT2D eigenvalue weighted by molar-refractivity contribution is -0.384. The van der Waals surface area contributed by atoms with Gasteiger partial charge in [0.25, 0.3) is 5.69 Å². The van der Waals surface area contributed by atoms with E-state index in [0.717, 1.165) is 10.3 Å². The van der Waals surface area contributed by atoms with Gasteiger partial charge in [0.15, 0.2) is 5.78 Å². The average Bonchev–Trinajstić information content (AvgIpc) is 2.65. The van der Waals surface area contributed by atoms with Crippen molar-refractivity contribution in [1.29, 1.82) is 0 Å². The molecule has 2 aromatic carbocycles. The highest BCUT2D eigenvalue weighted by atomic mass is 35.5. The Balaban J connectivity index is 1.83. The van der Waals surface area contributed by atoms with Crippen LogP contribution in [0, 0.1) is 10.1 Å². The van der Waals surface area contributed by atoms with Crippen LogP contribution in [0.1, 0.15) is 34.0 Å². The van der Waals surface area contributed by atoms with Crippen molar-refractivity contribution in [2.45, 2.75) is 18.8 Å². The third kappa shape index (κ3) is 2.76. The number of nitro groups is 1. The van der Waals surface area contributed by atoms with E-state index in [1.807, 2.05) is 0 Å². The van der Waals surface area contributed by atoms with Crippen LogP contribution in [0.25, 0.3) is 10.9 Å². The summed E-state index contributed by atoms with van der Waals surface area (Å²) in [7, 11) is 0. The smallest absolute Gasteiger partial charge is 0.269 e. The van der Waals surface area contributed by atoms with Crippen molar-refractivity contribution in [1.82, 2.24) is 4.73 Å². The lowest BCUT2D eigenvalue weighted by atomic mass is 9.81. The molecule has 0 spiro atoms. The number of hydrogen-bond donors (Lipinski definition) is 1. The standard InChI is InChI=1S/C19H13ClN2O5/c20-12-3-6-15-14(9-12)19(24)18-16(21(15)25)7-11(8-17(18)23)10-1-4-13(5-2-10)22(26)27/h1-6,9,11,25H,7-8H2. The monoisotopic (exact) mass is 384 g/mol. The number of Topliss-reactive ketones (excluding diaryl/α,β-unsaturated/α-hetero) is 1. The van der Waals surface area contributed by atoms with Crippen LogP contribution in [0.2, 0.25) is 5.02 Å². The van der Waals surface area contributed by atoms with Gasteiger partial charge in [-0.25, -0.2) is 0 Å². The topological polar surface area (TPSA) is 102 Å². The molecule has 1 aliphatic rings. The van der Waals surface area contributed by atoms with E-state index in [9.17, 15) is 24.9 Å². The van der Waals surface area contributed by atoms with Gasteiger partial charge in [-0.3, -0.25) is 19.7 Å². The molecule has 1 aliphatic carbocycles. The third-order valence-corrected chi connectivity index (χ3v) is 5.16. The van der Waals surface area contributed by atoms with Gasteiger partial charge in [-0.1, -0.05) is 23.7 Å². The van der Waals surface area contributed by atoms with Gasteiger partial charge in [0.2, 0.25) is 5.43 Å². The van der Waals surface area contributed by atoms with Gasteiger partial charge in [0.05, 0.1) is 27.1 Å². The third-order valence-electron chi connectivity index (χ3n) is 4.93. The maximum atomic E-state index is 12.8. The number of pyridine rings is 1. The minimum absolute atomic E-state index is 0.0228. The van der Waals surface area contributed by atoms with Gasteiger partial charge < -0.3 is 5.21 Å². The molecule has 136 valence electrons. The van der Waals surface area contributed by atoms with Crippen LogP contribution in [0.4, 0.5) is 5.69 Å². The fraction of sp³-hybridized carbons (Fsp3) is 0.158. The number of benzene rings is 2. The SMILES string of the molecule is O=C1CC(c2ccc([N+](=O)[O-])cc2)Cc2c1c(=O)c1cc(Cl)ccc1n2O. The van der Waals surface area contributed by atoms with Crippen molar-refractivity contribution < 1.29 is 14.9 Å². The summed E-state index contributed by atoms with van der Waals surface area (Å²) in [5.41, 5.74) is 0.756. The molecule has 0 saturated carbocycles. The van der Waals surface area contributed by atoms with Crippen LogP contribution in [0.3, 0.4) is 0 Å². The second kappa shape index (κ2) is 6.21. The predicted molar refractivity (Wildman–Crippen MR) is 98.9 cm³/mol. The fourth-order valence-corrected chi connectivity index (χ4v) is 3.78. The van der Waals surface area contributed by atoms with Crippen LogP contribution < -0.4 is 5.43 Å². The second-order valence-electron chi connectivity index (χ2n) is 6.50. The van der Waals surface area contributed by atoms with Gasteiger partial charge in [-0.15, -0.1) is 0 Å². The number of hydrogen-bond acceptors (Lipinski definition) is 5. The first-order valence-corrected chi connectivity index (χ1v) is 8.58. The van der Waals surface area contributed by atoms with E-state index in [2.05, 4.69) is 0 Å². The molecule has 1 unspecified atom stereocenters. The molecule has 1 aromatic heterocycles. The number of halogens is 1. The lowest BCUT2D eigenvalue weighted by Crippen LogP contribution is -2.30. The molecule has 1 atom stereocenters. The van der Waals surface area contributed by atoms with Crippen molar-refractivity contribution in [3.63, 3.8) is 0 Å². The molecule has 3 aromatic rings. The molecule has 1 N–H and O–H groups in total. The first-order valence-electron chi connectivity index (χ1n) is 8.20. The normalized spacial score (nSPS) is 16.3. The zero-order valence-electron chi connectivity index (χ0n) is 13.9. The van der Waals surface area contributed by atoms with Crippen molar-refractivity contribution >= 4 is 34.0 Å². The van der Waals surface area contributed by atoms with Crippen molar-refractivity contribution in [2.24, 2.45) is 0 Å². The van der Waals surface area contributed by atoms with Crippen LogP contribution in [-0.4, -0.2) is 20.6 Å². The van der Waals surface area contributed by atoms with E-state index in [1.165, 1.54) is 24.3 Å². The zero-order valence-corrected chi connectivity index (χ0v) is 14.6. The molecule has 0 radical (unpaired) electrons. The summed E-state index contributed by atoms with van der Waals surface area (Å²) >= 11 is 5.94. The highest BCUT2D eigenvalue weighted by Gasteiger charge is 2.32. The number of rotatable bonds is 2. The first-order chi connectivity index (χ1) is 12.9. The molecule has 0 bridgehead atoms. The maximum Gasteiger partial charge on any atom is 0.269 e. The van der Waals surface area contributed by atoms with E-state index in [4.69, 9.17) is 11.6 Å². The molecule has 7 nitrogen and oxygen atoms in total. The molecule has 8 heteroatoms. The molecule has 0 saturated heterocycles. The van der Waals surface area contributed by atoms with E-state index in [1.54, 1.807) is 18.2 Å². The van der Waals surface area contributed by atoms with E-state index < -0.39 is 10.4 Å². The maximum absolute atomic E-state index is 12.8. The summed E-state index contributed by atoms with van der Waals surface area (Å²) in [5.74, 6) is -0.650. The Morgan fingerprint density at radius 2 is 1.81 bits per heavy atom. The van der Waals surface area contributed by atoms with E-state index >= 15 is 0 Å². The lowest BCUT2D eigenvalue weighted by Gasteiger charge is -2.25. The first kappa shape index (κ1) is 17.2. The van der Waals surface area contributed by atoms with Crippen molar-refractivity contribution in [3.8, 4) is 0 Å². The minimum atomic E-state index is -0.492. The number of ketones is 1. The summed E-state index contributed by atoms with van der Waals surface area (Å²) in [6.45, 7) is 0. The Bertz CT molecular complexity index is 1170. The second-order valence-corrected chi connectivity index (χ2v) is 6.94. The molecular formula is C19H13ClN2O5. The molecule has 4 rings (SSSR count). The van der Waals surface area contributed by atoms with Crippen LogP contribution >= 0.6 is 11.6 Å². The Morgan fingerprint density at radius 3 is 2.48 bits per heavy atom. The van der Waals surface area contributed by atoms with Gasteiger partial charge >= 0.3 is 0 Å². The number of fused-ring (bicyclic) bond motifs is 2. The number of carbonyl (C=O) groups excluding carboxylic acids is 1. The molecule has 0 amide bonds. The quantitative estimate of drug-likeness (QED) is 0.412.